The Hall–Kier alpha value is -2.14. The van der Waals surface area contributed by atoms with Gasteiger partial charge < -0.3 is 14.5 Å². The van der Waals surface area contributed by atoms with Gasteiger partial charge in [-0.2, -0.15) is 0 Å². The molecule has 2 unspecified atom stereocenters. The summed E-state index contributed by atoms with van der Waals surface area (Å²) in [6, 6.07) is 10.9. The summed E-state index contributed by atoms with van der Waals surface area (Å²) in [6.07, 6.45) is 5.00. The highest BCUT2D eigenvalue weighted by Gasteiger charge is 2.76. The number of hydrogen-bond donors (Lipinski definition) is 0. The predicted octanol–water partition coefficient (Wildman–Crippen LogP) is 2.70. The molecule has 0 bridgehead atoms. The molecule has 140 valence electrons. The van der Waals surface area contributed by atoms with Crippen molar-refractivity contribution in [1.29, 1.82) is 0 Å². The summed E-state index contributed by atoms with van der Waals surface area (Å²) in [5, 5.41) is 2.41. The van der Waals surface area contributed by atoms with Crippen molar-refractivity contribution in [2.24, 2.45) is 17.3 Å². The quantitative estimate of drug-likeness (QED) is 0.823. The van der Waals surface area contributed by atoms with Crippen LogP contribution in [-0.4, -0.2) is 54.7 Å². The second-order valence-electron chi connectivity index (χ2n) is 8.62. The first-order valence-electron chi connectivity index (χ1n) is 10.3. The lowest BCUT2D eigenvalue weighted by Gasteiger charge is -2.38. The van der Waals surface area contributed by atoms with Crippen molar-refractivity contribution in [3.8, 4) is 0 Å². The molecule has 1 saturated carbocycles. The van der Waals surface area contributed by atoms with Gasteiger partial charge in [0, 0.05) is 50.5 Å². The molecule has 4 fully saturated rings. The van der Waals surface area contributed by atoms with Gasteiger partial charge in [-0.25, -0.2) is 4.98 Å². The molecule has 1 aromatic heterocycles. The van der Waals surface area contributed by atoms with Crippen LogP contribution in [0.5, 0.6) is 0 Å². The Kier molecular flexibility index (Phi) is 3.34. The van der Waals surface area contributed by atoms with Gasteiger partial charge in [0.15, 0.2) is 0 Å². The van der Waals surface area contributed by atoms with Crippen molar-refractivity contribution < 1.29 is 9.53 Å². The van der Waals surface area contributed by atoms with E-state index >= 15 is 0 Å². The van der Waals surface area contributed by atoms with E-state index in [9.17, 15) is 4.79 Å². The van der Waals surface area contributed by atoms with Crippen LogP contribution in [-0.2, 0) is 9.53 Å². The topological polar surface area (TPSA) is 45.7 Å². The molecule has 0 N–H and O–H groups in total. The summed E-state index contributed by atoms with van der Waals surface area (Å²) in [5.41, 5.74) is -0.144. The number of aromatic nitrogens is 1. The van der Waals surface area contributed by atoms with Crippen molar-refractivity contribution in [1.82, 2.24) is 9.88 Å². The molecule has 3 saturated heterocycles. The number of rotatable bonds is 2. The van der Waals surface area contributed by atoms with Gasteiger partial charge >= 0.3 is 0 Å². The van der Waals surface area contributed by atoms with E-state index in [0.29, 0.717) is 23.8 Å². The second kappa shape index (κ2) is 5.68. The number of fused-ring (bicyclic) bond motifs is 2. The molecule has 2 aromatic rings. The van der Waals surface area contributed by atoms with Gasteiger partial charge in [-0.15, -0.1) is 0 Å². The molecule has 5 nitrogen and oxygen atoms in total. The number of ether oxygens (including phenoxy) is 1. The van der Waals surface area contributed by atoms with Crippen molar-refractivity contribution >= 4 is 22.5 Å². The fraction of sp³-hybridized carbons (Fsp3) is 0.545. The third-order valence-electron chi connectivity index (χ3n) is 7.50. The van der Waals surface area contributed by atoms with Gasteiger partial charge in [0.2, 0.25) is 5.91 Å². The third kappa shape index (κ3) is 2.15. The van der Waals surface area contributed by atoms with Crippen LogP contribution in [0.15, 0.2) is 36.5 Å². The molecule has 27 heavy (non-hydrogen) atoms. The molecule has 4 aliphatic rings. The molecule has 1 spiro atoms. The Morgan fingerprint density at radius 2 is 1.93 bits per heavy atom. The number of benzene rings is 1. The van der Waals surface area contributed by atoms with Gasteiger partial charge in [0.25, 0.3) is 0 Å². The van der Waals surface area contributed by atoms with E-state index in [1.54, 1.807) is 0 Å². The number of pyridine rings is 1. The second-order valence-corrected chi connectivity index (χ2v) is 8.62. The summed E-state index contributed by atoms with van der Waals surface area (Å²) in [4.78, 5) is 22.8. The van der Waals surface area contributed by atoms with Gasteiger partial charge in [-0.05, 0) is 42.6 Å². The summed E-state index contributed by atoms with van der Waals surface area (Å²) in [6.45, 7) is 4.39. The molecule has 6 rings (SSSR count). The highest BCUT2D eigenvalue weighted by Crippen LogP contribution is 2.68. The van der Waals surface area contributed by atoms with Crippen LogP contribution in [0.4, 0.5) is 5.82 Å². The summed E-state index contributed by atoms with van der Waals surface area (Å²) >= 11 is 0. The highest BCUT2D eigenvalue weighted by molar-refractivity contribution is 5.94. The number of anilines is 1. The molecule has 1 aliphatic carbocycles. The number of piperidine rings is 2. The fourth-order valence-electron chi connectivity index (χ4n) is 6.07. The van der Waals surface area contributed by atoms with Crippen molar-refractivity contribution in [3.63, 3.8) is 0 Å². The lowest BCUT2D eigenvalue weighted by atomic mass is 9.94. The number of carbonyl (C=O) groups excluding carboxylic acids is 1. The largest absolute Gasteiger partial charge is 0.381 e. The minimum absolute atomic E-state index is 0.144. The average Bonchev–Trinajstić information content (AvgIpc) is 3.30. The molecule has 1 amide bonds. The van der Waals surface area contributed by atoms with Crippen molar-refractivity contribution in [3.05, 3.63) is 36.5 Å². The summed E-state index contributed by atoms with van der Waals surface area (Å²) < 4.78 is 5.50. The Labute approximate surface area is 159 Å². The first kappa shape index (κ1) is 15.9. The Morgan fingerprint density at radius 3 is 2.81 bits per heavy atom. The third-order valence-corrected chi connectivity index (χ3v) is 7.50. The van der Waals surface area contributed by atoms with Crippen LogP contribution in [0.25, 0.3) is 10.8 Å². The summed E-state index contributed by atoms with van der Waals surface area (Å²) in [5.74, 6) is 2.60. The van der Waals surface area contributed by atoms with Crippen LogP contribution in [0.2, 0.25) is 0 Å². The predicted molar refractivity (Wildman–Crippen MR) is 104 cm³/mol. The fourth-order valence-corrected chi connectivity index (χ4v) is 6.07. The van der Waals surface area contributed by atoms with E-state index in [-0.39, 0.29) is 5.41 Å². The van der Waals surface area contributed by atoms with Crippen LogP contribution >= 0.6 is 0 Å². The smallest absolute Gasteiger partial charge is 0.231 e. The maximum atomic E-state index is 13.5. The first-order chi connectivity index (χ1) is 13.3. The van der Waals surface area contributed by atoms with Crippen molar-refractivity contribution in [2.75, 3.05) is 37.7 Å². The molecule has 5 heteroatoms. The first-order valence-corrected chi connectivity index (χ1v) is 10.3. The average molecular weight is 363 g/mol. The van der Waals surface area contributed by atoms with E-state index in [4.69, 9.17) is 9.72 Å². The number of amides is 1. The molecule has 4 heterocycles. The van der Waals surface area contributed by atoms with Crippen LogP contribution in [0, 0.1) is 17.3 Å². The minimum Gasteiger partial charge on any atom is -0.381 e. The van der Waals surface area contributed by atoms with Crippen LogP contribution in [0.1, 0.15) is 19.3 Å². The monoisotopic (exact) mass is 363 g/mol. The lowest BCUT2D eigenvalue weighted by molar-refractivity contribution is -0.138. The maximum Gasteiger partial charge on any atom is 0.231 e. The van der Waals surface area contributed by atoms with Gasteiger partial charge in [-0.1, -0.05) is 24.3 Å². The van der Waals surface area contributed by atoms with Gasteiger partial charge in [0.05, 0.1) is 5.41 Å². The molecular weight excluding hydrogens is 338 g/mol. The highest BCUT2D eigenvalue weighted by atomic mass is 16.5. The zero-order valence-corrected chi connectivity index (χ0v) is 15.5. The van der Waals surface area contributed by atoms with E-state index in [0.717, 1.165) is 57.9 Å². The maximum absolute atomic E-state index is 13.5. The molecule has 3 aliphatic heterocycles. The SMILES string of the molecule is O=C1N(C2CCOCC2)CC2C3CCN(c4nccc5ccccc45)C[C@@]132. The molecular formula is C22H25N3O2. The Balaban J connectivity index is 1.30. The number of carbonyl (C=O) groups is 1. The molecule has 1 aromatic carbocycles. The summed E-state index contributed by atoms with van der Waals surface area (Å²) in [7, 11) is 0. The zero-order valence-electron chi connectivity index (χ0n) is 15.5. The number of nitrogens with zero attached hydrogens (tertiary/aromatic N) is 3. The molecule has 0 radical (unpaired) electrons. The normalized spacial score (nSPS) is 33.3. The van der Waals surface area contributed by atoms with Crippen LogP contribution < -0.4 is 4.90 Å². The van der Waals surface area contributed by atoms with Gasteiger partial charge in [-0.3, -0.25) is 4.79 Å². The van der Waals surface area contributed by atoms with E-state index < -0.39 is 0 Å². The van der Waals surface area contributed by atoms with Gasteiger partial charge in [0.1, 0.15) is 5.82 Å². The Morgan fingerprint density at radius 1 is 1.07 bits per heavy atom. The van der Waals surface area contributed by atoms with Crippen LogP contribution in [0.3, 0.4) is 0 Å². The van der Waals surface area contributed by atoms with Crippen molar-refractivity contribution in [2.45, 2.75) is 25.3 Å². The molecule has 3 atom stereocenters. The minimum atomic E-state index is -0.144. The number of likely N-dealkylation sites (tertiary alicyclic amines) is 1. The Bertz CT molecular complexity index is 904. The number of hydrogen-bond acceptors (Lipinski definition) is 4. The standard InChI is InChI=1S/C22H25N3O2/c26-21-22-14-24(20-17-4-2-1-3-15(17)5-9-23-20)10-6-18(22)19(22)13-25(21)16-7-11-27-12-8-16/h1-5,9,16,18-19H,6-8,10-14H2/t18?,19?,22-/m1/s1. The van der Waals surface area contributed by atoms with E-state index in [1.807, 2.05) is 6.20 Å². The van der Waals surface area contributed by atoms with E-state index in [1.165, 1.54) is 10.8 Å². The zero-order chi connectivity index (χ0) is 18.0. The van der Waals surface area contributed by atoms with E-state index in [2.05, 4.69) is 40.1 Å². The lowest BCUT2D eigenvalue weighted by Crippen LogP contribution is -2.49.